The van der Waals surface area contributed by atoms with Crippen molar-refractivity contribution in [2.45, 2.75) is 38.0 Å². The SMILES string of the molecule is Bc1c(COc2cccc3c2CN(C2CCC(=O)NC2=O)C3=O)ccc(C(B)N2CCOCC2)c1B. The highest BCUT2D eigenvalue weighted by atomic mass is 16.5. The lowest BCUT2D eigenvalue weighted by molar-refractivity contribution is -0.136. The molecule has 0 bridgehead atoms. The highest BCUT2D eigenvalue weighted by Gasteiger charge is 2.40. The first kappa shape index (κ1) is 24.7. The number of nitrogens with one attached hydrogen (secondary N) is 1. The van der Waals surface area contributed by atoms with Gasteiger partial charge in [-0.15, -0.1) is 0 Å². The van der Waals surface area contributed by atoms with E-state index in [1.807, 2.05) is 12.1 Å². The molecule has 36 heavy (non-hydrogen) atoms. The Bertz CT molecular complexity index is 1220. The zero-order valence-corrected chi connectivity index (χ0v) is 21.1. The fraction of sp³-hybridized carbons (Fsp3) is 0.400. The lowest BCUT2D eigenvalue weighted by Crippen LogP contribution is -2.52. The van der Waals surface area contributed by atoms with Crippen molar-refractivity contribution in [2.75, 3.05) is 26.3 Å². The van der Waals surface area contributed by atoms with Crippen LogP contribution in [0.25, 0.3) is 0 Å². The second-order valence-electron chi connectivity index (χ2n) is 9.86. The third-order valence-electron chi connectivity index (χ3n) is 7.91. The smallest absolute Gasteiger partial charge is 0.255 e. The predicted octanol–water partition coefficient (Wildman–Crippen LogP) is -2.49. The normalized spacial score (nSPS) is 21.3. The molecule has 3 amide bonds. The van der Waals surface area contributed by atoms with Crippen molar-refractivity contribution in [1.29, 1.82) is 0 Å². The molecule has 11 heteroatoms. The predicted molar refractivity (Wildman–Crippen MR) is 143 cm³/mol. The van der Waals surface area contributed by atoms with Gasteiger partial charge >= 0.3 is 0 Å². The zero-order chi connectivity index (χ0) is 25.4. The molecule has 3 aliphatic rings. The number of carbonyl (C=O) groups is 3. The molecule has 3 aliphatic heterocycles. The van der Waals surface area contributed by atoms with Crippen LogP contribution in [0.4, 0.5) is 0 Å². The topological polar surface area (TPSA) is 88.2 Å². The van der Waals surface area contributed by atoms with Crippen molar-refractivity contribution in [1.82, 2.24) is 15.1 Å². The Morgan fingerprint density at radius 2 is 1.86 bits per heavy atom. The van der Waals surface area contributed by atoms with Gasteiger partial charge in [-0.3, -0.25) is 24.6 Å². The summed E-state index contributed by atoms with van der Waals surface area (Å²) in [5.41, 5.74) is 6.26. The fourth-order valence-electron chi connectivity index (χ4n) is 5.52. The van der Waals surface area contributed by atoms with Crippen LogP contribution in [-0.4, -0.2) is 83.4 Å². The van der Waals surface area contributed by atoms with Crippen LogP contribution in [0.3, 0.4) is 0 Å². The summed E-state index contributed by atoms with van der Waals surface area (Å²) in [5.74, 6) is 0.0777. The number of morpholine rings is 1. The van der Waals surface area contributed by atoms with Gasteiger partial charge in [-0.1, -0.05) is 29.1 Å². The van der Waals surface area contributed by atoms with Gasteiger partial charge < -0.3 is 14.4 Å². The van der Waals surface area contributed by atoms with Gasteiger partial charge in [0, 0.05) is 36.6 Å². The molecule has 2 saturated heterocycles. The maximum atomic E-state index is 13.1. The molecule has 0 spiro atoms. The average molecular weight is 485 g/mol. The number of imide groups is 1. The van der Waals surface area contributed by atoms with E-state index in [-0.39, 0.29) is 18.2 Å². The Morgan fingerprint density at radius 3 is 2.61 bits per heavy atom. The lowest BCUT2D eigenvalue weighted by atomic mass is 9.70. The minimum absolute atomic E-state index is 0.196. The molecule has 3 heterocycles. The van der Waals surface area contributed by atoms with E-state index in [0.29, 0.717) is 36.8 Å². The molecule has 184 valence electrons. The number of piperidine rings is 1. The van der Waals surface area contributed by atoms with E-state index in [1.54, 1.807) is 11.0 Å². The van der Waals surface area contributed by atoms with Crippen LogP contribution >= 0.6 is 0 Å². The number of carbonyl (C=O) groups excluding carboxylic acids is 3. The summed E-state index contributed by atoms with van der Waals surface area (Å²) in [6.45, 7) is 4.13. The van der Waals surface area contributed by atoms with Crippen LogP contribution in [0.5, 0.6) is 5.75 Å². The number of nitrogens with zero attached hydrogens (tertiary/aromatic N) is 2. The van der Waals surface area contributed by atoms with Crippen molar-refractivity contribution in [3.05, 3.63) is 52.6 Å². The van der Waals surface area contributed by atoms with Gasteiger partial charge in [-0.2, -0.15) is 0 Å². The van der Waals surface area contributed by atoms with Gasteiger partial charge in [0.25, 0.3) is 5.91 Å². The van der Waals surface area contributed by atoms with Gasteiger partial charge in [-0.25, -0.2) is 0 Å². The van der Waals surface area contributed by atoms with Crippen LogP contribution < -0.4 is 21.0 Å². The standard InChI is InChI=1S/C25H30B3N3O5/c26-21-14(4-5-16(22(21)27)23(28)30-8-10-35-11-9-30)13-36-19-3-1-2-15-17(19)12-31(25(15)34)18-6-7-20(32)29-24(18)33/h1-5,18,23H,6-13,26-28H2,(H,29,32,33). The highest BCUT2D eigenvalue weighted by Crippen LogP contribution is 2.34. The summed E-state index contributed by atoms with van der Waals surface area (Å²) >= 11 is 0. The van der Waals surface area contributed by atoms with E-state index in [2.05, 4.69) is 45.9 Å². The minimum atomic E-state index is -0.638. The van der Waals surface area contributed by atoms with Crippen molar-refractivity contribution >= 4 is 52.2 Å². The quantitative estimate of drug-likeness (QED) is 0.360. The number of fused-ring (bicyclic) bond motifs is 1. The van der Waals surface area contributed by atoms with Crippen molar-refractivity contribution < 1.29 is 23.9 Å². The van der Waals surface area contributed by atoms with E-state index < -0.39 is 11.9 Å². The molecule has 0 aromatic heterocycles. The first-order valence-electron chi connectivity index (χ1n) is 12.6. The molecule has 0 radical (unpaired) electrons. The summed E-state index contributed by atoms with van der Waals surface area (Å²) in [6.07, 6.45) is 0.576. The van der Waals surface area contributed by atoms with Gasteiger partial charge in [-0.05, 0) is 29.7 Å². The highest BCUT2D eigenvalue weighted by molar-refractivity contribution is 6.50. The molecule has 2 aromatic carbocycles. The maximum Gasteiger partial charge on any atom is 0.255 e. The fourth-order valence-corrected chi connectivity index (χ4v) is 5.52. The molecule has 2 unspecified atom stereocenters. The van der Waals surface area contributed by atoms with Crippen LogP contribution in [0.15, 0.2) is 30.3 Å². The lowest BCUT2D eigenvalue weighted by Gasteiger charge is -2.34. The van der Waals surface area contributed by atoms with Crippen LogP contribution in [-0.2, 0) is 27.5 Å². The number of hydrogen-bond donors (Lipinski definition) is 1. The van der Waals surface area contributed by atoms with Crippen molar-refractivity contribution in [3.63, 3.8) is 0 Å². The molecule has 0 saturated carbocycles. The minimum Gasteiger partial charge on any atom is -0.489 e. The molecule has 8 nitrogen and oxygen atoms in total. The summed E-state index contributed by atoms with van der Waals surface area (Å²) in [7, 11) is 6.55. The average Bonchev–Trinajstić information content (AvgIpc) is 3.22. The van der Waals surface area contributed by atoms with Gasteiger partial charge in [0.05, 0.1) is 19.8 Å². The first-order valence-corrected chi connectivity index (χ1v) is 12.6. The second kappa shape index (κ2) is 10.1. The van der Waals surface area contributed by atoms with E-state index >= 15 is 0 Å². The Morgan fingerprint density at radius 1 is 1.08 bits per heavy atom. The summed E-state index contributed by atoms with van der Waals surface area (Å²) in [4.78, 5) is 41.0. The largest absolute Gasteiger partial charge is 0.489 e. The van der Waals surface area contributed by atoms with E-state index in [0.717, 1.165) is 37.4 Å². The third-order valence-corrected chi connectivity index (χ3v) is 7.91. The monoisotopic (exact) mass is 485 g/mol. The van der Waals surface area contributed by atoms with Crippen molar-refractivity contribution in [2.24, 2.45) is 0 Å². The summed E-state index contributed by atoms with van der Waals surface area (Å²) in [6, 6.07) is 9.15. The number of hydrogen-bond acceptors (Lipinski definition) is 6. The Labute approximate surface area is 213 Å². The molecule has 2 fully saturated rings. The first-order chi connectivity index (χ1) is 17.3. The summed E-state index contributed by atoms with van der Waals surface area (Å²) in [5, 5.41) is 2.35. The Balaban J connectivity index is 1.31. The van der Waals surface area contributed by atoms with Crippen LogP contribution in [0, 0.1) is 0 Å². The molecule has 2 atom stereocenters. The molecular formula is C25H30B3N3O5. The summed E-state index contributed by atoms with van der Waals surface area (Å²) < 4.78 is 11.8. The van der Waals surface area contributed by atoms with Gasteiger partial charge in [0.2, 0.25) is 11.8 Å². The number of rotatable bonds is 6. The molecule has 0 aliphatic carbocycles. The zero-order valence-electron chi connectivity index (χ0n) is 21.1. The number of amides is 3. The third kappa shape index (κ3) is 4.57. The van der Waals surface area contributed by atoms with Gasteiger partial charge in [0.1, 0.15) is 41.9 Å². The van der Waals surface area contributed by atoms with E-state index in [1.165, 1.54) is 16.5 Å². The van der Waals surface area contributed by atoms with Crippen LogP contribution in [0.1, 0.15) is 45.8 Å². The van der Waals surface area contributed by atoms with Crippen molar-refractivity contribution in [3.8, 4) is 5.75 Å². The van der Waals surface area contributed by atoms with Gasteiger partial charge in [0.15, 0.2) is 0 Å². The molecular weight excluding hydrogens is 455 g/mol. The van der Waals surface area contributed by atoms with E-state index in [4.69, 9.17) is 9.47 Å². The number of ether oxygens (including phenoxy) is 2. The molecule has 5 rings (SSSR count). The number of benzene rings is 2. The Kier molecular flexibility index (Phi) is 6.95. The second-order valence-corrected chi connectivity index (χ2v) is 9.86. The molecule has 1 N–H and O–H groups in total. The maximum absolute atomic E-state index is 13.1. The molecule has 2 aromatic rings. The van der Waals surface area contributed by atoms with Crippen LogP contribution in [0.2, 0.25) is 0 Å². The van der Waals surface area contributed by atoms with E-state index in [9.17, 15) is 14.4 Å². The Hall–Kier alpha value is -3.04.